The van der Waals surface area contributed by atoms with Crippen molar-refractivity contribution in [2.75, 3.05) is 117 Å². The first kappa shape index (κ1) is 67.2. The van der Waals surface area contributed by atoms with Crippen molar-refractivity contribution in [2.45, 2.75) is 24.4 Å². The molecule has 0 fully saturated rings. The lowest BCUT2D eigenvalue weighted by molar-refractivity contribution is -0.142. The molecule has 0 saturated carbocycles. The number of anilines is 2. The number of carbonyl (C=O) groups is 6. The van der Waals surface area contributed by atoms with Gasteiger partial charge in [0.25, 0.3) is 23.6 Å². The van der Waals surface area contributed by atoms with E-state index in [2.05, 4.69) is 4.74 Å². The number of amides is 4. The summed E-state index contributed by atoms with van der Waals surface area (Å²) in [5.41, 5.74) is 13.8. The highest BCUT2D eigenvalue weighted by atomic mass is 127. The van der Waals surface area contributed by atoms with Gasteiger partial charge in [0.2, 0.25) is 0 Å². The predicted molar refractivity (Wildman–Crippen MR) is 302 cm³/mol. The van der Waals surface area contributed by atoms with Crippen molar-refractivity contribution in [1.29, 1.82) is 0 Å². The topological polar surface area (TPSA) is 379 Å². The Kier molecular flexibility index (Phi) is 33.5. The van der Waals surface area contributed by atoms with E-state index in [1.165, 1.54) is 59.6 Å². The van der Waals surface area contributed by atoms with Crippen molar-refractivity contribution in [3.8, 4) is 0 Å². The molecule has 30 heteroatoms. The fourth-order valence-corrected chi connectivity index (χ4v) is 13.9. The Hall–Kier alpha value is -0.770. The molecule has 0 heterocycles. The maximum Gasteiger partial charge on any atom is 0.329 e. The second-order valence-corrected chi connectivity index (χ2v) is 21.8. The zero-order chi connectivity index (χ0) is 52.9. The lowest BCUT2D eigenvalue weighted by atomic mass is 10.1. The Labute approximate surface area is 477 Å². The highest BCUT2D eigenvalue weighted by molar-refractivity contribution is 14.1. The second kappa shape index (κ2) is 33.9. The van der Waals surface area contributed by atoms with Gasteiger partial charge in [-0.2, -0.15) is 0 Å². The third-order valence-corrected chi connectivity index (χ3v) is 16.1. The minimum atomic E-state index is -1.09. The number of likely N-dealkylation sites (N-methyl/N-ethyl adjacent to an activating group) is 4. The number of carboxylic acids is 2. The molecule has 14 N–H and O–H groups in total. The quantitative estimate of drug-likeness (QED) is 0.0388. The van der Waals surface area contributed by atoms with Crippen LogP contribution in [0, 0.1) is 21.4 Å². The van der Waals surface area contributed by atoms with Crippen LogP contribution in [-0.2, 0) is 14.3 Å². The number of halogens is 6. The van der Waals surface area contributed by atoms with Crippen molar-refractivity contribution in [3.63, 3.8) is 0 Å². The molecule has 2 aromatic rings. The maximum absolute atomic E-state index is 12.9. The molecule has 23 nitrogen and oxygen atoms in total. The minimum absolute atomic E-state index is 0.0242. The van der Waals surface area contributed by atoms with Gasteiger partial charge < -0.3 is 86.9 Å². The SMILES string of the molecule is CN(CC(O)CO)C(=O)c1c(I)c(N)c(I)c(C(=O)N(C)CC(O)CO)c1I.CN(CC(O)CO)C(=O)c1c(I)c(N)c(I)c(C(=O)N(C)CC(O)CO)c1I.O=C(O)COCCSCC(=O)O. The monoisotopic (exact) mass is 1660 g/mol. The van der Waals surface area contributed by atoms with E-state index >= 15 is 0 Å². The summed E-state index contributed by atoms with van der Waals surface area (Å²) >= 11 is 12.8. The molecule has 4 amide bonds. The number of thioether (sulfide) groups is 1. The molecule has 0 radical (unpaired) electrons. The third-order valence-electron chi connectivity index (χ3n) is 8.55. The van der Waals surface area contributed by atoms with Crippen LogP contribution < -0.4 is 11.5 Å². The summed E-state index contributed by atoms with van der Waals surface area (Å²) in [5.74, 6) is -3.16. The number of nitrogen functional groups attached to an aromatic ring is 2. The first-order chi connectivity index (χ1) is 31.6. The van der Waals surface area contributed by atoms with Crippen molar-refractivity contribution in [2.24, 2.45) is 0 Å². The predicted octanol–water partition coefficient (Wildman–Crippen LogP) is -0.229. The Bertz CT molecular complexity index is 1810. The van der Waals surface area contributed by atoms with Crippen molar-refractivity contribution in [3.05, 3.63) is 43.7 Å². The molecule has 0 saturated heterocycles. The maximum atomic E-state index is 12.9. The number of nitrogens with two attached hydrogens (primary N) is 2. The number of rotatable bonds is 23. The number of aliphatic carboxylic acids is 2. The first-order valence-corrected chi connectivity index (χ1v) is 26.9. The molecule has 4 atom stereocenters. The number of hydrogen-bond donors (Lipinski definition) is 12. The number of hydrogen-bond acceptors (Lipinski definition) is 18. The molecule has 2 rings (SSSR count). The molecule has 0 aliphatic heterocycles. The number of ether oxygens (including phenoxy) is 1. The Balaban J connectivity index is 0.00000107. The number of carbonyl (C=O) groups excluding carboxylic acids is 4. The third kappa shape index (κ3) is 21.4. The highest BCUT2D eigenvalue weighted by Crippen LogP contribution is 2.36. The van der Waals surface area contributed by atoms with Crippen LogP contribution in [0.1, 0.15) is 41.4 Å². The van der Waals surface area contributed by atoms with E-state index in [0.29, 0.717) is 27.2 Å². The summed E-state index contributed by atoms with van der Waals surface area (Å²) in [7, 11) is 5.92. The molecule has 0 aromatic heterocycles. The average molecular weight is 1660 g/mol. The van der Waals surface area contributed by atoms with Crippen molar-refractivity contribution in [1.82, 2.24) is 19.6 Å². The van der Waals surface area contributed by atoms with Crippen LogP contribution >= 0.6 is 147 Å². The van der Waals surface area contributed by atoms with Gasteiger partial charge in [-0.15, -0.1) is 11.8 Å². The summed E-state index contributed by atoms with van der Waals surface area (Å²) < 4.78 is 7.38. The molecule has 4 unspecified atom stereocenters. The summed E-state index contributed by atoms with van der Waals surface area (Å²) in [5, 5.41) is 90.7. The van der Waals surface area contributed by atoms with Crippen LogP contribution in [0.15, 0.2) is 0 Å². The van der Waals surface area contributed by atoms with E-state index in [1.807, 2.05) is 136 Å². The van der Waals surface area contributed by atoms with Crippen LogP contribution in [0.4, 0.5) is 11.4 Å². The molecule has 2 aromatic carbocycles. The number of benzene rings is 2. The van der Waals surface area contributed by atoms with Gasteiger partial charge in [-0.25, -0.2) is 4.79 Å². The molecule has 386 valence electrons. The molecule has 0 aliphatic carbocycles. The normalized spacial score (nSPS) is 12.6. The lowest BCUT2D eigenvalue weighted by Crippen LogP contribution is -2.38. The van der Waals surface area contributed by atoms with E-state index in [1.54, 1.807) is 0 Å². The molecule has 0 aliphatic rings. The van der Waals surface area contributed by atoms with Gasteiger partial charge in [0.05, 0.1) is 111 Å². The van der Waals surface area contributed by atoms with Crippen LogP contribution in [0.2, 0.25) is 0 Å². The average Bonchev–Trinajstić information content (AvgIpc) is 3.28. The van der Waals surface area contributed by atoms with Gasteiger partial charge >= 0.3 is 11.9 Å². The highest BCUT2D eigenvalue weighted by Gasteiger charge is 2.32. The van der Waals surface area contributed by atoms with Gasteiger partial charge in [0, 0.05) is 67.3 Å². The van der Waals surface area contributed by atoms with Gasteiger partial charge in [-0.1, -0.05) is 0 Å². The number of aliphatic hydroxyl groups excluding tert-OH is 8. The smallest absolute Gasteiger partial charge is 0.329 e. The van der Waals surface area contributed by atoms with E-state index in [9.17, 15) is 49.2 Å². The summed E-state index contributed by atoms with van der Waals surface area (Å²) in [4.78, 5) is 76.7. The summed E-state index contributed by atoms with van der Waals surface area (Å²) in [6.07, 6.45) is -4.34. The minimum Gasteiger partial charge on any atom is -0.481 e. The number of carboxylic acid groups (broad SMARTS) is 2. The van der Waals surface area contributed by atoms with Gasteiger partial charge in [-0.3, -0.25) is 24.0 Å². The molecular formula is C38H54I6N6O17S. The Morgan fingerprint density at radius 2 is 0.750 bits per heavy atom. The van der Waals surface area contributed by atoms with Crippen molar-refractivity contribution < 1.29 is 84.6 Å². The van der Waals surface area contributed by atoms with E-state index < -0.39 is 86.4 Å². The Morgan fingerprint density at radius 1 is 0.500 bits per heavy atom. The van der Waals surface area contributed by atoms with Crippen LogP contribution in [0.3, 0.4) is 0 Å². The number of aliphatic hydroxyl groups is 8. The zero-order valence-electron chi connectivity index (χ0n) is 36.7. The molecule has 0 spiro atoms. The summed E-state index contributed by atoms with van der Waals surface area (Å²) in [6, 6.07) is 0. The first-order valence-electron chi connectivity index (χ1n) is 19.3. The largest absolute Gasteiger partial charge is 0.481 e. The molecule has 0 bridgehead atoms. The van der Waals surface area contributed by atoms with Gasteiger partial charge in [0.15, 0.2) is 0 Å². The zero-order valence-corrected chi connectivity index (χ0v) is 50.5. The van der Waals surface area contributed by atoms with Crippen LogP contribution in [-0.4, -0.2) is 236 Å². The summed E-state index contributed by atoms with van der Waals surface area (Å²) in [6.45, 7) is -2.33. The molecule has 68 heavy (non-hydrogen) atoms. The molecular weight excluding hydrogens is 1610 g/mol. The second-order valence-electron chi connectivity index (χ2n) is 14.2. The van der Waals surface area contributed by atoms with Crippen LogP contribution in [0.5, 0.6) is 0 Å². The fourth-order valence-electron chi connectivity index (χ4n) is 5.15. The standard InChI is InChI=1S/2C16H22I3N3O6.C6H10O5S/c2*1-21(3-7(25)5-23)15(27)9-11(17)10(13(19)14(20)12(9)18)16(28)22(2)4-8(26)6-24;7-5(8)3-11-1-2-12-4-6(9)10/h2*7-8,23-26H,3-6,20H2,1-2H3;1-4H2,(H,7,8)(H,9,10). The van der Waals surface area contributed by atoms with E-state index in [0.717, 1.165) is 0 Å². The van der Waals surface area contributed by atoms with Gasteiger partial charge in [0.1, 0.15) is 6.61 Å². The van der Waals surface area contributed by atoms with E-state index in [4.69, 9.17) is 42.1 Å². The fraction of sp³-hybridized carbons (Fsp3) is 0.526. The van der Waals surface area contributed by atoms with Crippen LogP contribution in [0.25, 0.3) is 0 Å². The van der Waals surface area contributed by atoms with Gasteiger partial charge in [-0.05, 0) is 136 Å². The van der Waals surface area contributed by atoms with E-state index in [-0.39, 0.29) is 78.8 Å². The lowest BCUT2D eigenvalue weighted by Gasteiger charge is -2.25. The van der Waals surface area contributed by atoms with Crippen molar-refractivity contribution >= 4 is 194 Å². The number of nitrogens with zero attached hydrogens (tertiary/aromatic N) is 4. The Morgan fingerprint density at radius 3 is 0.956 bits per heavy atom.